The van der Waals surface area contributed by atoms with Gasteiger partial charge in [0, 0.05) is 12.8 Å². The summed E-state index contributed by atoms with van der Waals surface area (Å²) in [6.07, 6.45) is -1.36. The Balaban J connectivity index is 2.04. The van der Waals surface area contributed by atoms with E-state index in [4.69, 9.17) is 4.74 Å². The standard InChI is InChI=1S/C13H14F2O2/c1-8-4-3-5-11(9(8)2)12(16)17-10-6-13(14,15)7-10/h3-5,10H,6-7H2,1-2H3. The highest BCUT2D eigenvalue weighted by Crippen LogP contribution is 2.39. The molecule has 0 bridgehead atoms. The smallest absolute Gasteiger partial charge is 0.338 e. The van der Waals surface area contributed by atoms with Crippen molar-refractivity contribution in [3.05, 3.63) is 34.9 Å². The van der Waals surface area contributed by atoms with Gasteiger partial charge in [-0.25, -0.2) is 13.6 Å². The number of esters is 1. The van der Waals surface area contributed by atoms with E-state index in [0.29, 0.717) is 5.56 Å². The van der Waals surface area contributed by atoms with Crippen molar-refractivity contribution in [3.63, 3.8) is 0 Å². The van der Waals surface area contributed by atoms with Gasteiger partial charge in [0.25, 0.3) is 5.92 Å². The van der Waals surface area contributed by atoms with Crippen LogP contribution in [0.25, 0.3) is 0 Å². The summed E-state index contributed by atoms with van der Waals surface area (Å²) in [5.41, 5.74) is 2.28. The van der Waals surface area contributed by atoms with E-state index in [0.717, 1.165) is 11.1 Å². The summed E-state index contributed by atoms with van der Waals surface area (Å²) < 4.78 is 30.2. The molecule has 1 fully saturated rings. The molecular weight excluding hydrogens is 226 g/mol. The number of benzene rings is 1. The van der Waals surface area contributed by atoms with E-state index in [-0.39, 0.29) is 12.8 Å². The van der Waals surface area contributed by atoms with Crippen LogP contribution in [0.5, 0.6) is 0 Å². The van der Waals surface area contributed by atoms with Gasteiger partial charge in [0.05, 0.1) is 5.56 Å². The first kappa shape index (κ1) is 12.0. The molecule has 0 aromatic heterocycles. The zero-order chi connectivity index (χ0) is 12.6. The van der Waals surface area contributed by atoms with E-state index in [1.807, 2.05) is 19.9 Å². The number of rotatable bonds is 2. The second-order valence-electron chi connectivity index (χ2n) is 4.54. The van der Waals surface area contributed by atoms with Crippen LogP contribution in [0.15, 0.2) is 18.2 Å². The predicted molar refractivity (Wildman–Crippen MR) is 59.3 cm³/mol. The van der Waals surface area contributed by atoms with Gasteiger partial charge < -0.3 is 4.74 Å². The third kappa shape index (κ3) is 2.46. The van der Waals surface area contributed by atoms with Gasteiger partial charge in [0.2, 0.25) is 0 Å². The number of carbonyl (C=O) groups is 1. The van der Waals surface area contributed by atoms with Crippen LogP contribution >= 0.6 is 0 Å². The monoisotopic (exact) mass is 240 g/mol. The first-order valence-corrected chi connectivity index (χ1v) is 5.54. The van der Waals surface area contributed by atoms with Gasteiger partial charge in [-0.05, 0) is 31.0 Å². The Hall–Kier alpha value is -1.45. The van der Waals surface area contributed by atoms with Crippen molar-refractivity contribution >= 4 is 5.97 Å². The molecule has 0 spiro atoms. The van der Waals surface area contributed by atoms with E-state index in [1.165, 1.54) is 0 Å². The summed E-state index contributed by atoms with van der Waals surface area (Å²) in [4.78, 5) is 11.8. The molecule has 1 aliphatic carbocycles. The summed E-state index contributed by atoms with van der Waals surface area (Å²) in [5, 5.41) is 0. The molecule has 1 saturated carbocycles. The van der Waals surface area contributed by atoms with Crippen molar-refractivity contribution in [1.82, 2.24) is 0 Å². The molecule has 0 N–H and O–H groups in total. The number of hydrogen-bond donors (Lipinski definition) is 0. The zero-order valence-electron chi connectivity index (χ0n) is 9.80. The average molecular weight is 240 g/mol. The Bertz CT molecular complexity index is 447. The molecule has 17 heavy (non-hydrogen) atoms. The first-order chi connectivity index (χ1) is 7.89. The maximum Gasteiger partial charge on any atom is 0.338 e. The van der Waals surface area contributed by atoms with Gasteiger partial charge in [-0.15, -0.1) is 0 Å². The molecule has 0 amide bonds. The molecule has 1 aliphatic rings. The van der Waals surface area contributed by atoms with Gasteiger partial charge in [0.1, 0.15) is 6.10 Å². The summed E-state index contributed by atoms with van der Waals surface area (Å²) in [6.45, 7) is 3.71. The van der Waals surface area contributed by atoms with Crippen molar-refractivity contribution in [1.29, 1.82) is 0 Å². The summed E-state index contributed by atoms with van der Waals surface area (Å²) >= 11 is 0. The molecule has 0 aliphatic heterocycles. The molecule has 0 saturated heterocycles. The van der Waals surface area contributed by atoms with E-state index >= 15 is 0 Å². The van der Waals surface area contributed by atoms with Gasteiger partial charge >= 0.3 is 5.97 Å². The fourth-order valence-corrected chi connectivity index (χ4v) is 1.88. The molecule has 2 rings (SSSR count). The van der Waals surface area contributed by atoms with E-state index in [2.05, 4.69) is 0 Å². The Morgan fingerprint density at radius 2 is 2.00 bits per heavy atom. The third-order valence-electron chi connectivity index (χ3n) is 3.15. The number of hydrogen-bond acceptors (Lipinski definition) is 2. The number of alkyl halides is 2. The van der Waals surface area contributed by atoms with Gasteiger partial charge in [-0.3, -0.25) is 0 Å². The summed E-state index contributed by atoms with van der Waals surface area (Å²) in [5.74, 6) is -3.17. The molecule has 92 valence electrons. The van der Waals surface area contributed by atoms with Crippen LogP contribution in [0.2, 0.25) is 0 Å². The Morgan fingerprint density at radius 3 is 2.59 bits per heavy atom. The predicted octanol–water partition coefficient (Wildman–Crippen LogP) is 3.26. The van der Waals surface area contributed by atoms with E-state index < -0.39 is 18.0 Å². The van der Waals surface area contributed by atoms with Crippen molar-refractivity contribution in [2.24, 2.45) is 0 Å². The zero-order valence-corrected chi connectivity index (χ0v) is 9.80. The molecule has 1 aromatic rings. The highest BCUT2D eigenvalue weighted by molar-refractivity contribution is 5.91. The second kappa shape index (κ2) is 4.09. The van der Waals surface area contributed by atoms with E-state index in [1.54, 1.807) is 12.1 Å². The third-order valence-corrected chi connectivity index (χ3v) is 3.15. The summed E-state index contributed by atoms with van der Waals surface area (Å²) in [7, 11) is 0. The normalized spacial score (nSPS) is 18.6. The lowest BCUT2D eigenvalue weighted by Crippen LogP contribution is -2.42. The minimum Gasteiger partial charge on any atom is -0.458 e. The second-order valence-corrected chi connectivity index (χ2v) is 4.54. The van der Waals surface area contributed by atoms with Crippen molar-refractivity contribution in [2.75, 3.05) is 0 Å². The van der Waals surface area contributed by atoms with Crippen LogP contribution in [0, 0.1) is 13.8 Å². The Labute approximate surface area is 98.6 Å². The maximum atomic E-state index is 12.6. The fourth-order valence-electron chi connectivity index (χ4n) is 1.88. The lowest BCUT2D eigenvalue weighted by molar-refractivity contribution is -0.146. The fraction of sp³-hybridized carbons (Fsp3) is 0.462. The molecule has 0 atom stereocenters. The maximum absolute atomic E-state index is 12.6. The molecule has 0 heterocycles. The van der Waals surface area contributed by atoms with Gasteiger partial charge in [0.15, 0.2) is 0 Å². The minimum absolute atomic E-state index is 0.358. The number of halogens is 2. The highest BCUT2D eigenvalue weighted by Gasteiger charge is 2.47. The molecule has 4 heteroatoms. The molecule has 0 radical (unpaired) electrons. The van der Waals surface area contributed by atoms with Crippen LogP contribution in [0.4, 0.5) is 8.78 Å². The molecule has 0 unspecified atom stereocenters. The largest absolute Gasteiger partial charge is 0.458 e. The van der Waals surface area contributed by atoms with Crippen LogP contribution in [-0.2, 0) is 4.74 Å². The quantitative estimate of drug-likeness (QED) is 0.742. The summed E-state index contributed by atoms with van der Waals surface area (Å²) in [6, 6.07) is 5.30. The van der Waals surface area contributed by atoms with Crippen molar-refractivity contribution in [3.8, 4) is 0 Å². The lowest BCUT2D eigenvalue weighted by Gasteiger charge is -2.34. The molecular formula is C13H14F2O2. The van der Waals surface area contributed by atoms with Crippen LogP contribution < -0.4 is 0 Å². The average Bonchev–Trinajstić information content (AvgIpc) is 2.19. The minimum atomic E-state index is -2.66. The molecule has 2 nitrogen and oxygen atoms in total. The van der Waals surface area contributed by atoms with Gasteiger partial charge in [-0.2, -0.15) is 0 Å². The SMILES string of the molecule is Cc1cccc(C(=O)OC2CC(F)(F)C2)c1C. The molecule has 1 aromatic carbocycles. The topological polar surface area (TPSA) is 26.3 Å². The number of aryl methyl sites for hydroxylation is 1. The van der Waals surface area contributed by atoms with Gasteiger partial charge in [-0.1, -0.05) is 12.1 Å². The lowest BCUT2D eigenvalue weighted by atomic mass is 9.91. The van der Waals surface area contributed by atoms with Crippen molar-refractivity contribution < 1.29 is 18.3 Å². The Kier molecular flexibility index (Phi) is 2.89. The Morgan fingerprint density at radius 1 is 1.35 bits per heavy atom. The first-order valence-electron chi connectivity index (χ1n) is 5.54. The van der Waals surface area contributed by atoms with Crippen LogP contribution in [-0.4, -0.2) is 18.0 Å². The van der Waals surface area contributed by atoms with Crippen molar-refractivity contribution in [2.45, 2.75) is 38.7 Å². The van der Waals surface area contributed by atoms with E-state index in [9.17, 15) is 13.6 Å². The van der Waals surface area contributed by atoms with Crippen LogP contribution in [0.3, 0.4) is 0 Å². The van der Waals surface area contributed by atoms with Crippen LogP contribution in [0.1, 0.15) is 34.3 Å². The highest BCUT2D eigenvalue weighted by atomic mass is 19.3. The number of ether oxygens (including phenoxy) is 1. The number of carbonyl (C=O) groups excluding carboxylic acids is 1.